The number of amides is 1. The van der Waals surface area contributed by atoms with Gasteiger partial charge in [0.25, 0.3) is 5.91 Å². The van der Waals surface area contributed by atoms with Crippen LogP contribution in [0.2, 0.25) is 0 Å². The molecule has 39 heavy (non-hydrogen) atoms. The number of aryl methyl sites for hydroxylation is 1. The normalized spacial score (nSPS) is 15.2. The number of hydrogen-bond acceptors (Lipinski definition) is 10. The van der Waals surface area contributed by atoms with Gasteiger partial charge in [0.2, 0.25) is 10.9 Å². The van der Waals surface area contributed by atoms with Gasteiger partial charge in [-0.1, -0.05) is 65.1 Å². The van der Waals surface area contributed by atoms with E-state index in [4.69, 9.17) is 9.47 Å². The van der Waals surface area contributed by atoms with Gasteiger partial charge in [-0.15, -0.1) is 21.5 Å². The van der Waals surface area contributed by atoms with E-state index >= 15 is 0 Å². The minimum absolute atomic E-state index is 0.0160. The summed E-state index contributed by atoms with van der Waals surface area (Å²) in [5.41, 5.74) is 2.88. The van der Waals surface area contributed by atoms with Crippen LogP contribution in [0.1, 0.15) is 39.3 Å². The number of thioether (sulfide) groups is 1. The molecule has 0 saturated heterocycles. The Bertz CT molecular complexity index is 1530. The molecule has 1 unspecified atom stereocenters. The molecule has 2 aromatic heterocycles. The fourth-order valence-corrected chi connectivity index (χ4v) is 6.71. The molecule has 0 radical (unpaired) electrons. The summed E-state index contributed by atoms with van der Waals surface area (Å²) in [6.45, 7) is 4.35. The van der Waals surface area contributed by atoms with E-state index in [-0.39, 0.29) is 10.7 Å². The third kappa shape index (κ3) is 5.42. The van der Waals surface area contributed by atoms with Gasteiger partial charge in [-0.2, -0.15) is 0 Å². The van der Waals surface area contributed by atoms with Crippen molar-refractivity contribution in [3.8, 4) is 11.5 Å². The van der Waals surface area contributed by atoms with Crippen molar-refractivity contribution in [3.63, 3.8) is 0 Å². The van der Waals surface area contributed by atoms with Crippen LogP contribution in [0.5, 0.6) is 11.5 Å². The monoisotopic (exact) mass is 579 g/mol. The lowest BCUT2D eigenvalue weighted by atomic mass is 9.95. The molecule has 11 heteroatoms. The molecule has 0 bridgehead atoms. The molecular formula is C28H25N3O5S3. The lowest BCUT2D eigenvalue weighted by Crippen LogP contribution is -2.31. The maximum absolute atomic E-state index is 13.6. The standard InChI is InChI=1S/C28H25N3O5S3/c1-4-36-19-12-11-18(14-20(19)35-3)23-22(24(32)21-6-5-13-37-21)25(33)26(34)31(23)27-29-30-28(39-27)38-15-17-9-7-16(2)8-10-17/h5-14,23,33H,4,15H2,1-3H3. The van der Waals surface area contributed by atoms with Gasteiger partial charge in [0, 0.05) is 5.75 Å². The van der Waals surface area contributed by atoms with Crippen LogP contribution in [0.3, 0.4) is 0 Å². The van der Waals surface area contributed by atoms with E-state index in [2.05, 4.69) is 34.5 Å². The van der Waals surface area contributed by atoms with Crippen LogP contribution >= 0.6 is 34.4 Å². The van der Waals surface area contributed by atoms with Gasteiger partial charge in [0.05, 0.1) is 30.2 Å². The Morgan fingerprint density at radius 1 is 1.13 bits per heavy atom. The summed E-state index contributed by atoms with van der Waals surface area (Å²) in [7, 11) is 1.52. The number of methoxy groups -OCH3 is 1. The third-order valence-corrected chi connectivity index (χ3v) is 9.08. The van der Waals surface area contributed by atoms with Gasteiger partial charge in [0.1, 0.15) is 0 Å². The number of nitrogens with zero attached hydrogens (tertiary/aromatic N) is 3. The van der Waals surface area contributed by atoms with Crippen LogP contribution in [0.15, 0.2) is 75.6 Å². The minimum Gasteiger partial charge on any atom is -0.503 e. The summed E-state index contributed by atoms with van der Waals surface area (Å²) in [4.78, 5) is 28.8. The van der Waals surface area contributed by atoms with Crippen molar-refractivity contribution in [1.29, 1.82) is 0 Å². The Balaban J connectivity index is 1.52. The maximum atomic E-state index is 13.6. The molecule has 5 rings (SSSR count). The number of aromatic nitrogens is 2. The number of ketones is 1. The number of ether oxygens (including phenoxy) is 2. The van der Waals surface area contributed by atoms with Crippen molar-refractivity contribution in [1.82, 2.24) is 10.2 Å². The topological polar surface area (TPSA) is 102 Å². The van der Waals surface area contributed by atoms with Crippen molar-refractivity contribution in [2.45, 2.75) is 30.0 Å². The number of aliphatic hydroxyl groups excluding tert-OH is 1. The van der Waals surface area contributed by atoms with Crippen molar-refractivity contribution in [3.05, 3.63) is 92.9 Å². The predicted octanol–water partition coefficient (Wildman–Crippen LogP) is 6.39. The first-order valence-electron chi connectivity index (χ1n) is 12.1. The first kappa shape index (κ1) is 26.9. The number of thiophene rings is 1. The Hall–Kier alpha value is -3.67. The molecule has 1 aliphatic rings. The maximum Gasteiger partial charge on any atom is 0.296 e. The zero-order chi connectivity index (χ0) is 27.5. The van der Waals surface area contributed by atoms with E-state index in [0.717, 1.165) is 5.56 Å². The SMILES string of the molecule is CCOc1ccc(C2C(C(=O)c3cccs3)=C(O)C(=O)N2c2nnc(SCc3ccc(C)cc3)s2)cc1OC. The summed E-state index contributed by atoms with van der Waals surface area (Å²) < 4.78 is 11.8. The lowest BCUT2D eigenvalue weighted by molar-refractivity contribution is -0.117. The molecule has 3 heterocycles. The number of anilines is 1. The molecule has 0 saturated carbocycles. The van der Waals surface area contributed by atoms with Crippen LogP contribution in [-0.4, -0.2) is 40.7 Å². The number of Topliss-reactive ketones (excluding diaryl/α,β-unsaturated/α-hetero) is 1. The number of benzene rings is 2. The van der Waals surface area contributed by atoms with E-state index in [9.17, 15) is 14.7 Å². The molecule has 200 valence electrons. The Kier molecular flexibility index (Phi) is 8.01. The number of aliphatic hydroxyl groups is 1. The average molecular weight is 580 g/mol. The largest absolute Gasteiger partial charge is 0.503 e. The van der Waals surface area contributed by atoms with Crippen molar-refractivity contribution in [2.75, 3.05) is 18.6 Å². The summed E-state index contributed by atoms with van der Waals surface area (Å²) in [6.07, 6.45) is 0. The quantitative estimate of drug-likeness (QED) is 0.131. The van der Waals surface area contributed by atoms with E-state index in [0.29, 0.717) is 38.6 Å². The second kappa shape index (κ2) is 11.6. The Morgan fingerprint density at radius 3 is 2.62 bits per heavy atom. The van der Waals surface area contributed by atoms with Gasteiger partial charge in [-0.3, -0.25) is 14.5 Å². The highest BCUT2D eigenvalue weighted by Crippen LogP contribution is 2.45. The van der Waals surface area contributed by atoms with Crippen LogP contribution < -0.4 is 14.4 Å². The highest BCUT2D eigenvalue weighted by Gasteiger charge is 2.46. The molecule has 0 aliphatic carbocycles. The van der Waals surface area contributed by atoms with Gasteiger partial charge in [-0.05, 0) is 48.6 Å². The Morgan fingerprint density at radius 2 is 1.92 bits per heavy atom. The van der Waals surface area contributed by atoms with E-state index in [1.54, 1.807) is 35.7 Å². The summed E-state index contributed by atoms with van der Waals surface area (Å²) in [6, 6.07) is 15.9. The number of carbonyl (C=O) groups excluding carboxylic acids is 2. The summed E-state index contributed by atoms with van der Waals surface area (Å²) in [5, 5.41) is 21.6. The molecule has 4 aromatic rings. The van der Waals surface area contributed by atoms with Crippen LogP contribution in [0.25, 0.3) is 0 Å². The second-order valence-corrected chi connectivity index (χ2v) is 11.7. The van der Waals surface area contributed by atoms with Crippen molar-refractivity contribution >= 4 is 51.3 Å². The summed E-state index contributed by atoms with van der Waals surface area (Å²) >= 11 is 3.98. The van der Waals surface area contributed by atoms with Crippen molar-refractivity contribution in [2.24, 2.45) is 0 Å². The first-order valence-corrected chi connectivity index (χ1v) is 14.8. The van der Waals surface area contributed by atoms with E-state index in [1.165, 1.54) is 52.0 Å². The van der Waals surface area contributed by atoms with E-state index < -0.39 is 23.5 Å². The molecule has 2 aromatic carbocycles. The zero-order valence-electron chi connectivity index (χ0n) is 21.4. The van der Waals surface area contributed by atoms with Crippen LogP contribution in [-0.2, 0) is 10.5 Å². The molecule has 0 spiro atoms. The third-order valence-electron chi connectivity index (χ3n) is 6.09. The molecular weight excluding hydrogens is 555 g/mol. The fourth-order valence-electron chi connectivity index (χ4n) is 4.21. The number of carbonyl (C=O) groups is 2. The fraction of sp³-hybridized carbons (Fsp3) is 0.214. The molecule has 1 atom stereocenters. The van der Waals surface area contributed by atoms with Gasteiger partial charge in [-0.25, -0.2) is 0 Å². The molecule has 8 nitrogen and oxygen atoms in total. The molecule has 1 N–H and O–H groups in total. The molecule has 1 amide bonds. The highest BCUT2D eigenvalue weighted by atomic mass is 32.2. The summed E-state index contributed by atoms with van der Waals surface area (Å²) in [5.74, 6) is -0.0649. The molecule has 0 fully saturated rings. The zero-order valence-corrected chi connectivity index (χ0v) is 23.9. The number of hydrogen-bond donors (Lipinski definition) is 1. The van der Waals surface area contributed by atoms with E-state index in [1.807, 2.05) is 13.8 Å². The first-order chi connectivity index (χ1) is 18.9. The molecule has 1 aliphatic heterocycles. The van der Waals surface area contributed by atoms with Crippen LogP contribution in [0.4, 0.5) is 5.13 Å². The lowest BCUT2D eigenvalue weighted by Gasteiger charge is -2.24. The minimum atomic E-state index is -0.931. The average Bonchev–Trinajstić information content (AvgIpc) is 3.69. The van der Waals surface area contributed by atoms with Crippen LogP contribution in [0, 0.1) is 6.92 Å². The Labute approximate surface area is 237 Å². The highest BCUT2D eigenvalue weighted by molar-refractivity contribution is 8.00. The smallest absolute Gasteiger partial charge is 0.296 e. The van der Waals surface area contributed by atoms with Crippen molar-refractivity contribution < 1.29 is 24.2 Å². The predicted molar refractivity (Wildman–Crippen MR) is 153 cm³/mol. The van der Waals surface area contributed by atoms with Gasteiger partial charge in [0.15, 0.2) is 21.6 Å². The number of rotatable bonds is 10. The van der Waals surface area contributed by atoms with Gasteiger partial charge < -0.3 is 14.6 Å². The second-order valence-electron chi connectivity index (χ2n) is 8.61. The van der Waals surface area contributed by atoms with Gasteiger partial charge >= 0.3 is 0 Å².